The van der Waals surface area contributed by atoms with Crippen LogP contribution in [0.5, 0.6) is 5.75 Å². The van der Waals surface area contributed by atoms with Crippen molar-refractivity contribution < 1.29 is 14.3 Å². The Hall–Kier alpha value is -2.34. The summed E-state index contributed by atoms with van der Waals surface area (Å²) in [6.45, 7) is 5.30. The Balaban J connectivity index is 1.60. The molecule has 0 spiro atoms. The van der Waals surface area contributed by atoms with Crippen LogP contribution in [0, 0.1) is 5.92 Å². The molecule has 6 heteroatoms. The number of hydrogen-bond acceptors (Lipinski definition) is 4. The molecule has 1 unspecified atom stereocenters. The molecule has 28 heavy (non-hydrogen) atoms. The number of ether oxygens (including phenoxy) is 1. The third-order valence-corrected chi connectivity index (χ3v) is 6.24. The van der Waals surface area contributed by atoms with Crippen molar-refractivity contribution in [1.29, 1.82) is 0 Å². The average molecular weight is 401 g/mol. The van der Waals surface area contributed by atoms with Crippen LogP contribution in [-0.2, 0) is 9.59 Å². The minimum Gasteiger partial charge on any atom is -0.490 e. The maximum atomic E-state index is 12.7. The van der Waals surface area contributed by atoms with Crippen LogP contribution in [0.25, 0.3) is 0 Å². The van der Waals surface area contributed by atoms with E-state index in [1.165, 1.54) is 4.88 Å². The number of rotatable bonds is 8. The molecule has 5 nitrogen and oxygen atoms in total. The van der Waals surface area contributed by atoms with Crippen molar-refractivity contribution in [2.24, 2.45) is 5.92 Å². The number of hydrogen-bond donors (Lipinski definition) is 1. The predicted molar refractivity (Wildman–Crippen MR) is 113 cm³/mol. The first-order valence-electron chi connectivity index (χ1n) is 9.99. The summed E-state index contributed by atoms with van der Waals surface area (Å²) in [5.41, 5.74) is 0.785. The molecule has 0 bridgehead atoms. The van der Waals surface area contributed by atoms with Crippen LogP contribution in [0.4, 0.5) is 5.69 Å². The number of benzene rings is 1. The summed E-state index contributed by atoms with van der Waals surface area (Å²) in [5, 5.41) is 5.21. The molecule has 1 aliphatic rings. The highest BCUT2D eigenvalue weighted by molar-refractivity contribution is 7.10. The molecule has 150 valence electrons. The van der Waals surface area contributed by atoms with Gasteiger partial charge in [0.25, 0.3) is 0 Å². The van der Waals surface area contributed by atoms with E-state index >= 15 is 0 Å². The molecule has 1 N–H and O–H groups in total. The standard InChI is InChI=1S/C22H28N2O3S/c1-3-16(4-2)22(19-10-7-15-28-19)23-20(25)11-12-21(26)24-13-14-27-18-9-6-5-8-17(18)24/h5-10,15-16,22H,3-4,11-14H2,1-2H3,(H,23,25). The first kappa shape index (κ1) is 20.4. The number of anilines is 1. The molecule has 2 heterocycles. The number of thiophene rings is 1. The van der Waals surface area contributed by atoms with Crippen LogP contribution in [0.1, 0.15) is 50.4 Å². The van der Waals surface area contributed by atoms with Gasteiger partial charge < -0.3 is 15.0 Å². The van der Waals surface area contributed by atoms with Gasteiger partial charge in [-0.15, -0.1) is 11.3 Å². The Labute approximate surface area is 170 Å². The van der Waals surface area contributed by atoms with Crippen molar-refractivity contribution in [1.82, 2.24) is 5.32 Å². The largest absolute Gasteiger partial charge is 0.490 e. The molecular weight excluding hydrogens is 372 g/mol. The first-order valence-corrected chi connectivity index (χ1v) is 10.9. The summed E-state index contributed by atoms with van der Waals surface area (Å²) in [4.78, 5) is 28.2. The molecule has 2 amide bonds. The van der Waals surface area contributed by atoms with E-state index < -0.39 is 0 Å². The smallest absolute Gasteiger partial charge is 0.227 e. The number of amides is 2. The van der Waals surface area contributed by atoms with Gasteiger partial charge >= 0.3 is 0 Å². The molecule has 1 aliphatic heterocycles. The lowest BCUT2D eigenvalue weighted by Gasteiger charge is -2.29. The highest BCUT2D eigenvalue weighted by Crippen LogP contribution is 2.32. The second-order valence-corrected chi connectivity index (χ2v) is 7.98. The topological polar surface area (TPSA) is 58.6 Å². The zero-order valence-electron chi connectivity index (χ0n) is 16.5. The van der Waals surface area contributed by atoms with Crippen LogP contribution in [-0.4, -0.2) is 25.0 Å². The van der Waals surface area contributed by atoms with E-state index in [4.69, 9.17) is 4.74 Å². The van der Waals surface area contributed by atoms with Gasteiger partial charge in [0.1, 0.15) is 12.4 Å². The van der Waals surface area contributed by atoms with Crippen molar-refractivity contribution in [2.45, 2.75) is 45.6 Å². The Morgan fingerprint density at radius 1 is 1.14 bits per heavy atom. The molecule has 1 aromatic carbocycles. The van der Waals surface area contributed by atoms with E-state index in [-0.39, 0.29) is 30.7 Å². The normalized spacial score (nSPS) is 14.3. The Bertz CT molecular complexity index is 787. The molecule has 0 saturated heterocycles. The van der Waals surface area contributed by atoms with E-state index in [1.807, 2.05) is 35.7 Å². The summed E-state index contributed by atoms with van der Waals surface area (Å²) >= 11 is 1.67. The molecule has 0 fully saturated rings. The van der Waals surface area contributed by atoms with Crippen molar-refractivity contribution >= 4 is 28.8 Å². The highest BCUT2D eigenvalue weighted by atomic mass is 32.1. The molecule has 2 aromatic rings. The fourth-order valence-corrected chi connectivity index (χ4v) is 4.55. The van der Waals surface area contributed by atoms with Crippen molar-refractivity contribution in [3.05, 3.63) is 46.7 Å². The summed E-state index contributed by atoms with van der Waals surface area (Å²) in [6, 6.07) is 11.6. The molecule has 1 aromatic heterocycles. The van der Waals surface area contributed by atoms with Gasteiger partial charge in [-0.3, -0.25) is 9.59 Å². The molecular formula is C22H28N2O3S. The zero-order chi connectivity index (χ0) is 19.9. The monoisotopic (exact) mass is 400 g/mol. The van der Waals surface area contributed by atoms with Crippen LogP contribution >= 0.6 is 11.3 Å². The van der Waals surface area contributed by atoms with Gasteiger partial charge in [-0.1, -0.05) is 44.9 Å². The maximum Gasteiger partial charge on any atom is 0.227 e. The zero-order valence-corrected chi connectivity index (χ0v) is 17.3. The molecule has 1 atom stereocenters. The Morgan fingerprint density at radius 2 is 1.93 bits per heavy atom. The van der Waals surface area contributed by atoms with Crippen molar-refractivity contribution in [3.63, 3.8) is 0 Å². The van der Waals surface area contributed by atoms with Gasteiger partial charge in [-0.25, -0.2) is 0 Å². The Morgan fingerprint density at radius 3 is 2.64 bits per heavy atom. The second kappa shape index (κ2) is 9.73. The summed E-state index contributed by atoms with van der Waals surface area (Å²) in [5.74, 6) is 1.00. The van der Waals surface area contributed by atoms with Crippen molar-refractivity contribution in [2.75, 3.05) is 18.1 Å². The van der Waals surface area contributed by atoms with Crippen LogP contribution in [0.2, 0.25) is 0 Å². The molecule has 3 rings (SSSR count). The van der Waals surface area contributed by atoms with E-state index in [2.05, 4.69) is 25.2 Å². The first-order chi connectivity index (χ1) is 13.6. The fourth-order valence-electron chi connectivity index (χ4n) is 3.68. The van der Waals surface area contributed by atoms with Gasteiger partial charge in [-0.05, 0) is 29.5 Å². The fraction of sp³-hybridized carbons (Fsp3) is 0.455. The molecule has 0 aliphatic carbocycles. The van der Waals surface area contributed by atoms with Crippen LogP contribution in [0.3, 0.4) is 0 Å². The lowest BCUT2D eigenvalue weighted by Crippen LogP contribution is -2.39. The SMILES string of the molecule is CCC(CC)C(NC(=O)CCC(=O)N1CCOc2ccccc21)c1cccs1. The third kappa shape index (κ3) is 4.73. The number of para-hydroxylation sites is 2. The highest BCUT2D eigenvalue weighted by Gasteiger charge is 2.26. The van der Waals surface area contributed by atoms with Gasteiger partial charge in [0.2, 0.25) is 11.8 Å². The second-order valence-electron chi connectivity index (χ2n) is 7.00. The quantitative estimate of drug-likeness (QED) is 0.707. The summed E-state index contributed by atoms with van der Waals surface area (Å²) in [6.07, 6.45) is 2.40. The number of carbonyl (C=O) groups is 2. The van der Waals surface area contributed by atoms with Crippen molar-refractivity contribution in [3.8, 4) is 5.75 Å². The maximum absolute atomic E-state index is 12.7. The summed E-state index contributed by atoms with van der Waals surface area (Å²) < 4.78 is 5.60. The molecule has 0 radical (unpaired) electrons. The van der Waals surface area contributed by atoms with E-state index in [9.17, 15) is 9.59 Å². The Kier molecular flexibility index (Phi) is 7.09. The van der Waals surface area contributed by atoms with Gasteiger partial charge in [0.05, 0.1) is 18.3 Å². The third-order valence-electron chi connectivity index (χ3n) is 5.28. The number of fused-ring (bicyclic) bond motifs is 1. The summed E-state index contributed by atoms with van der Waals surface area (Å²) in [7, 11) is 0. The minimum atomic E-state index is -0.0693. The van der Waals surface area contributed by atoms with E-state index in [1.54, 1.807) is 16.2 Å². The average Bonchev–Trinajstić information content (AvgIpc) is 3.26. The predicted octanol–water partition coefficient (Wildman–Crippen LogP) is 4.55. The van der Waals surface area contributed by atoms with Gasteiger partial charge in [-0.2, -0.15) is 0 Å². The lowest BCUT2D eigenvalue weighted by atomic mass is 9.93. The van der Waals surface area contributed by atoms with Gasteiger partial charge in [0.15, 0.2) is 0 Å². The minimum absolute atomic E-state index is 0.0155. The van der Waals surface area contributed by atoms with Gasteiger partial charge in [0, 0.05) is 17.7 Å². The van der Waals surface area contributed by atoms with Crippen LogP contribution < -0.4 is 15.0 Å². The van der Waals surface area contributed by atoms with E-state index in [0.717, 1.165) is 24.3 Å². The lowest BCUT2D eigenvalue weighted by molar-refractivity contribution is -0.126. The number of nitrogens with zero attached hydrogens (tertiary/aromatic N) is 1. The number of carbonyl (C=O) groups excluding carboxylic acids is 2. The molecule has 0 saturated carbocycles. The number of nitrogens with one attached hydrogen (secondary N) is 1. The van der Waals surface area contributed by atoms with E-state index in [0.29, 0.717) is 19.1 Å². The van der Waals surface area contributed by atoms with Crippen LogP contribution in [0.15, 0.2) is 41.8 Å².